The van der Waals surface area contributed by atoms with Crippen molar-refractivity contribution < 1.29 is 22.7 Å². The molecule has 1 amide bonds. The predicted octanol–water partition coefficient (Wildman–Crippen LogP) is 5.11. The first-order chi connectivity index (χ1) is 13.7. The van der Waals surface area contributed by atoms with Gasteiger partial charge in [0.2, 0.25) is 5.91 Å². The van der Waals surface area contributed by atoms with E-state index >= 15 is 0 Å². The Balaban J connectivity index is 0.00000450. The average Bonchev–Trinajstić information content (AvgIpc) is 2.66. The van der Waals surface area contributed by atoms with Crippen LogP contribution in [0.1, 0.15) is 25.8 Å². The summed E-state index contributed by atoms with van der Waals surface area (Å²) in [5.74, 6) is -0.656. The average molecular weight is 536 g/mol. The van der Waals surface area contributed by atoms with Crippen LogP contribution in [0.5, 0.6) is 5.75 Å². The number of hydrogen-bond donors (Lipinski definition) is 3. The number of nitrogens with zero attached hydrogens (tertiary/aromatic N) is 1. The first kappa shape index (κ1) is 25.5. The number of halogens is 4. The smallest absolute Gasteiger partial charge is 0.404 e. The highest BCUT2D eigenvalue weighted by Gasteiger charge is 2.32. The molecule has 0 fully saturated rings. The maximum Gasteiger partial charge on any atom is 0.573 e. The Morgan fingerprint density at radius 2 is 1.87 bits per heavy atom. The number of rotatable bonds is 7. The number of alkyl halides is 3. The van der Waals surface area contributed by atoms with E-state index in [-0.39, 0.29) is 54.0 Å². The standard InChI is InChI=1S/C20H23F3N4O2.HI/c1-3-13(2)18(28)26-15-8-6-7-14(11-15)12-25-19(24)27-16-9-4-5-10-17(16)29-20(21,22)23;/h4-11,13H,3,12H2,1-2H3,(H,26,28)(H3,24,25,27);1H. The first-order valence-corrected chi connectivity index (χ1v) is 8.99. The molecule has 0 saturated carbocycles. The number of ether oxygens (including phenoxy) is 1. The number of amides is 1. The zero-order valence-electron chi connectivity index (χ0n) is 16.5. The van der Waals surface area contributed by atoms with Crippen LogP contribution in [-0.4, -0.2) is 18.2 Å². The van der Waals surface area contributed by atoms with E-state index in [1.165, 1.54) is 18.2 Å². The molecule has 164 valence electrons. The quantitative estimate of drug-likeness (QED) is 0.261. The molecule has 2 aromatic carbocycles. The van der Waals surface area contributed by atoms with Gasteiger partial charge < -0.3 is 21.1 Å². The number of guanidine groups is 1. The van der Waals surface area contributed by atoms with Gasteiger partial charge >= 0.3 is 6.36 Å². The summed E-state index contributed by atoms with van der Waals surface area (Å²) in [6, 6.07) is 12.6. The van der Waals surface area contributed by atoms with Crippen molar-refractivity contribution in [3.05, 3.63) is 54.1 Å². The van der Waals surface area contributed by atoms with E-state index < -0.39 is 12.1 Å². The van der Waals surface area contributed by atoms with Crippen LogP contribution in [0.3, 0.4) is 0 Å². The molecule has 2 rings (SSSR count). The van der Waals surface area contributed by atoms with Gasteiger partial charge in [0.05, 0.1) is 12.2 Å². The minimum Gasteiger partial charge on any atom is -0.404 e. The zero-order valence-corrected chi connectivity index (χ0v) is 18.8. The summed E-state index contributed by atoms with van der Waals surface area (Å²) in [6.45, 7) is 3.95. The third-order valence-corrected chi connectivity index (χ3v) is 4.06. The second-order valence-corrected chi connectivity index (χ2v) is 6.37. The highest BCUT2D eigenvalue weighted by Crippen LogP contribution is 2.29. The molecule has 6 nitrogen and oxygen atoms in total. The molecule has 1 atom stereocenters. The fourth-order valence-corrected chi connectivity index (χ4v) is 2.34. The van der Waals surface area contributed by atoms with Crippen molar-refractivity contribution in [3.8, 4) is 5.75 Å². The van der Waals surface area contributed by atoms with Gasteiger partial charge in [0.25, 0.3) is 0 Å². The van der Waals surface area contributed by atoms with Crippen LogP contribution in [0.15, 0.2) is 53.5 Å². The van der Waals surface area contributed by atoms with Gasteiger partial charge in [0.1, 0.15) is 0 Å². The Hall–Kier alpha value is -2.50. The van der Waals surface area contributed by atoms with Crippen LogP contribution in [0.2, 0.25) is 0 Å². The summed E-state index contributed by atoms with van der Waals surface area (Å²) in [4.78, 5) is 16.1. The predicted molar refractivity (Wildman–Crippen MR) is 122 cm³/mol. The summed E-state index contributed by atoms with van der Waals surface area (Å²) in [5.41, 5.74) is 7.25. The monoisotopic (exact) mass is 536 g/mol. The van der Waals surface area contributed by atoms with Crippen molar-refractivity contribution >= 4 is 47.2 Å². The lowest BCUT2D eigenvalue weighted by atomic mass is 10.1. The number of carbonyl (C=O) groups is 1. The minimum absolute atomic E-state index is 0. The molecular weight excluding hydrogens is 512 g/mol. The third kappa shape index (κ3) is 8.47. The number of nitrogens with one attached hydrogen (secondary N) is 2. The van der Waals surface area contributed by atoms with Crippen LogP contribution in [0.4, 0.5) is 24.5 Å². The van der Waals surface area contributed by atoms with Crippen molar-refractivity contribution in [2.75, 3.05) is 10.6 Å². The lowest BCUT2D eigenvalue weighted by Gasteiger charge is -2.14. The van der Waals surface area contributed by atoms with Crippen molar-refractivity contribution in [2.24, 2.45) is 16.6 Å². The van der Waals surface area contributed by atoms with Crippen LogP contribution in [0.25, 0.3) is 0 Å². The van der Waals surface area contributed by atoms with Crippen molar-refractivity contribution in [1.82, 2.24) is 0 Å². The zero-order chi connectivity index (χ0) is 21.4. The van der Waals surface area contributed by atoms with Crippen LogP contribution < -0.4 is 21.1 Å². The van der Waals surface area contributed by atoms with Gasteiger partial charge in [0.15, 0.2) is 11.7 Å². The van der Waals surface area contributed by atoms with E-state index in [4.69, 9.17) is 5.73 Å². The van der Waals surface area contributed by atoms with Crippen molar-refractivity contribution in [1.29, 1.82) is 0 Å². The Morgan fingerprint density at radius 1 is 1.17 bits per heavy atom. The third-order valence-electron chi connectivity index (χ3n) is 4.06. The van der Waals surface area contributed by atoms with Gasteiger partial charge in [-0.15, -0.1) is 37.1 Å². The summed E-state index contributed by atoms with van der Waals surface area (Å²) < 4.78 is 41.4. The number of para-hydroxylation sites is 2. The fraction of sp³-hybridized carbons (Fsp3) is 0.300. The molecule has 0 spiro atoms. The van der Waals surface area contributed by atoms with Gasteiger partial charge in [0, 0.05) is 11.6 Å². The molecule has 0 heterocycles. The van der Waals surface area contributed by atoms with E-state index in [2.05, 4.69) is 20.4 Å². The van der Waals surface area contributed by atoms with Gasteiger partial charge in [-0.1, -0.05) is 38.1 Å². The molecule has 0 aliphatic carbocycles. The number of hydrogen-bond acceptors (Lipinski definition) is 3. The molecule has 1 unspecified atom stereocenters. The Labute approximate surface area is 190 Å². The van der Waals surface area contributed by atoms with Gasteiger partial charge in [-0.05, 0) is 36.2 Å². The number of nitrogens with two attached hydrogens (primary N) is 1. The summed E-state index contributed by atoms with van der Waals surface area (Å²) >= 11 is 0. The molecule has 0 bridgehead atoms. The molecular formula is C20H24F3IN4O2. The largest absolute Gasteiger partial charge is 0.573 e. The Morgan fingerprint density at radius 3 is 2.53 bits per heavy atom. The molecule has 0 aromatic heterocycles. The summed E-state index contributed by atoms with van der Waals surface area (Å²) in [6.07, 6.45) is -4.08. The number of anilines is 2. The van der Waals surface area contributed by atoms with Gasteiger partial charge in [-0.25, -0.2) is 4.99 Å². The molecule has 0 radical (unpaired) electrons. The number of aliphatic imine (C=N–C) groups is 1. The lowest BCUT2D eigenvalue weighted by Crippen LogP contribution is -2.24. The van der Waals surface area contributed by atoms with Crippen LogP contribution >= 0.6 is 24.0 Å². The number of benzene rings is 2. The maximum absolute atomic E-state index is 12.5. The first-order valence-electron chi connectivity index (χ1n) is 8.99. The molecule has 2 aromatic rings. The highest BCUT2D eigenvalue weighted by atomic mass is 127. The summed E-state index contributed by atoms with van der Waals surface area (Å²) in [5, 5.41) is 5.44. The van der Waals surface area contributed by atoms with Crippen LogP contribution in [-0.2, 0) is 11.3 Å². The number of carbonyl (C=O) groups excluding carboxylic acids is 1. The Bertz CT molecular complexity index is 875. The lowest BCUT2D eigenvalue weighted by molar-refractivity contribution is -0.274. The van der Waals surface area contributed by atoms with E-state index in [0.29, 0.717) is 5.69 Å². The topological polar surface area (TPSA) is 88.7 Å². The molecule has 0 aliphatic rings. The van der Waals surface area contributed by atoms with E-state index in [1.54, 1.807) is 30.3 Å². The van der Waals surface area contributed by atoms with Crippen molar-refractivity contribution in [3.63, 3.8) is 0 Å². The second kappa shape index (κ2) is 11.6. The summed E-state index contributed by atoms with van der Waals surface area (Å²) in [7, 11) is 0. The van der Waals surface area contributed by atoms with E-state index in [0.717, 1.165) is 12.0 Å². The van der Waals surface area contributed by atoms with Gasteiger partial charge in [-0.3, -0.25) is 4.79 Å². The molecule has 10 heteroatoms. The Kier molecular flexibility index (Phi) is 9.90. The second-order valence-electron chi connectivity index (χ2n) is 6.37. The molecule has 0 saturated heterocycles. The highest BCUT2D eigenvalue weighted by molar-refractivity contribution is 14.0. The molecule has 30 heavy (non-hydrogen) atoms. The van der Waals surface area contributed by atoms with E-state index in [1.807, 2.05) is 13.8 Å². The van der Waals surface area contributed by atoms with Crippen molar-refractivity contribution in [2.45, 2.75) is 33.2 Å². The van der Waals surface area contributed by atoms with Gasteiger partial charge in [-0.2, -0.15) is 0 Å². The SMILES string of the molecule is CCC(C)C(=O)Nc1cccc(CN=C(N)Nc2ccccc2OC(F)(F)F)c1.I. The fourth-order valence-electron chi connectivity index (χ4n) is 2.34. The maximum atomic E-state index is 12.5. The minimum atomic E-state index is -4.82. The normalized spacial score (nSPS) is 12.5. The molecule has 4 N–H and O–H groups in total. The van der Waals surface area contributed by atoms with Crippen LogP contribution in [0, 0.1) is 5.92 Å². The van der Waals surface area contributed by atoms with E-state index in [9.17, 15) is 18.0 Å². The molecule has 0 aliphatic heterocycles.